The normalized spacial score (nSPS) is 11.9. The van der Waals surface area contributed by atoms with Gasteiger partial charge in [0.2, 0.25) is 0 Å². The Balaban J connectivity index is 2.50. The highest BCUT2D eigenvalue weighted by Gasteiger charge is 2.31. The van der Waals surface area contributed by atoms with Crippen LogP contribution in [0.2, 0.25) is 0 Å². The van der Waals surface area contributed by atoms with Crippen molar-refractivity contribution in [3.63, 3.8) is 0 Å². The molecular weight excluding hydrogens is 301 g/mol. The number of hydrogen-bond acceptors (Lipinski definition) is 3. The molecule has 0 aliphatic carbocycles. The van der Waals surface area contributed by atoms with E-state index in [2.05, 4.69) is 10.1 Å². The summed E-state index contributed by atoms with van der Waals surface area (Å²) >= 11 is 0. The summed E-state index contributed by atoms with van der Waals surface area (Å²) in [5, 5.41) is 4.05. The van der Waals surface area contributed by atoms with E-state index in [0.29, 0.717) is 0 Å². The van der Waals surface area contributed by atoms with Crippen LogP contribution in [0.15, 0.2) is 24.3 Å². The number of urea groups is 1. The van der Waals surface area contributed by atoms with Crippen LogP contribution < -0.4 is 21.1 Å². The molecule has 0 aliphatic rings. The number of nitrogens with two attached hydrogens (primary N) is 1. The molecule has 2 amide bonds. The third-order valence-corrected chi connectivity index (χ3v) is 2.15. The van der Waals surface area contributed by atoms with Gasteiger partial charge in [0.25, 0.3) is 5.92 Å². The van der Waals surface area contributed by atoms with Crippen LogP contribution in [0.4, 0.5) is 32.4 Å². The molecule has 10 heteroatoms. The molecule has 0 spiro atoms. The van der Waals surface area contributed by atoms with Crippen molar-refractivity contribution in [3.05, 3.63) is 24.3 Å². The van der Waals surface area contributed by atoms with E-state index in [-0.39, 0.29) is 5.69 Å². The lowest BCUT2D eigenvalue weighted by Crippen LogP contribution is -2.43. The van der Waals surface area contributed by atoms with Gasteiger partial charge in [0, 0.05) is 5.69 Å². The summed E-state index contributed by atoms with van der Waals surface area (Å²) in [5.41, 5.74) is 4.89. The van der Waals surface area contributed by atoms with Crippen LogP contribution in [0.3, 0.4) is 0 Å². The van der Waals surface area contributed by atoms with Crippen LogP contribution in [-0.4, -0.2) is 31.4 Å². The molecule has 0 atom stereocenters. The molecule has 5 nitrogen and oxygen atoms in total. The van der Waals surface area contributed by atoms with Crippen molar-refractivity contribution in [1.82, 2.24) is 5.32 Å². The number of ether oxygens (including phenoxy) is 1. The molecule has 21 heavy (non-hydrogen) atoms. The van der Waals surface area contributed by atoms with Crippen molar-refractivity contribution < 1.29 is 31.5 Å². The molecule has 0 radical (unpaired) electrons. The first-order valence-electron chi connectivity index (χ1n) is 5.60. The molecule has 0 unspecified atom stereocenters. The van der Waals surface area contributed by atoms with E-state index in [4.69, 9.17) is 5.73 Å². The predicted molar refractivity (Wildman–Crippen MR) is 64.1 cm³/mol. The van der Waals surface area contributed by atoms with Crippen molar-refractivity contribution >= 4 is 11.7 Å². The minimum Gasteiger partial charge on any atom is -0.406 e. The maximum Gasteiger partial charge on any atom is 0.573 e. The second kappa shape index (κ2) is 6.57. The van der Waals surface area contributed by atoms with Crippen molar-refractivity contribution in [1.29, 1.82) is 0 Å². The van der Waals surface area contributed by atoms with Gasteiger partial charge in [0.15, 0.2) is 0 Å². The fourth-order valence-corrected chi connectivity index (χ4v) is 1.20. The van der Waals surface area contributed by atoms with Gasteiger partial charge in [-0.25, -0.2) is 13.6 Å². The van der Waals surface area contributed by atoms with Gasteiger partial charge in [-0.2, -0.15) is 0 Å². The first-order chi connectivity index (χ1) is 9.61. The number of carbonyl (C=O) groups excluding carboxylic acids is 1. The number of alkyl halides is 5. The number of nitrogens with one attached hydrogen (secondary N) is 2. The third-order valence-electron chi connectivity index (χ3n) is 2.15. The monoisotopic (exact) mass is 313 g/mol. The number of anilines is 1. The highest BCUT2D eigenvalue weighted by atomic mass is 19.4. The van der Waals surface area contributed by atoms with Gasteiger partial charge in [0.1, 0.15) is 5.75 Å². The Kier molecular flexibility index (Phi) is 5.30. The zero-order valence-electron chi connectivity index (χ0n) is 10.5. The Hall–Kier alpha value is -2.10. The van der Waals surface area contributed by atoms with E-state index < -0.39 is 37.2 Å². The van der Waals surface area contributed by atoms with Gasteiger partial charge in [0.05, 0.1) is 13.1 Å². The second-order valence-corrected chi connectivity index (χ2v) is 3.94. The molecule has 1 aromatic rings. The summed E-state index contributed by atoms with van der Waals surface area (Å²) in [4.78, 5) is 11.3. The molecule has 0 saturated carbocycles. The van der Waals surface area contributed by atoms with Gasteiger partial charge >= 0.3 is 12.4 Å². The van der Waals surface area contributed by atoms with Crippen LogP contribution in [0.5, 0.6) is 5.75 Å². The number of benzene rings is 1. The quantitative estimate of drug-likeness (QED) is 0.730. The van der Waals surface area contributed by atoms with E-state index in [0.717, 1.165) is 24.3 Å². The van der Waals surface area contributed by atoms with E-state index in [9.17, 15) is 26.7 Å². The average Bonchev–Trinajstić information content (AvgIpc) is 2.37. The Morgan fingerprint density at radius 1 is 1.14 bits per heavy atom. The zero-order chi connectivity index (χ0) is 16.1. The molecule has 4 N–H and O–H groups in total. The van der Waals surface area contributed by atoms with E-state index in [1.54, 1.807) is 0 Å². The molecule has 0 aromatic heterocycles. The van der Waals surface area contributed by atoms with Crippen molar-refractivity contribution in [2.24, 2.45) is 5.73 Å². The Bertz CT molecular complexity index is 476. The van der Waals surface area contributed by atoms with Crippen molar-refractivity contribution in [3.8, 4) is 5.75 Å². The summed E-state index contributed by atoms with van der Waals surface area (Å²) in [7, 11) is 0. The molecule has 0 saturated heterocycles. The van der Waals surface area contributed by atoms with Gasteiger partial charge in [-0.1, -0.05) is 0 Å². The Labute approximate surface area is 116 Å². The summed E-state index contributed by atoms with van der Waals surface area (Å²) in [6, 6.07) is 3.26. The fraction of sp³-hybridized carbons (Fsp3) is 0.364. The predicted octanol–water partition coefficient (Wildman–Crippen LogP) is 2.30. The standard InChI is InChI=1S/C11H12F5N3O2/c12-10(13,5-17)6-18-9(20)19-7-1-3-8(4-2-7)21-11(14,15)16/h1-4H,5-6,17H2,(H2,18,19,20). The summed E-state index contributed by atoms with van der Waals surface area (Å²) < 4.78 is 64.9. The van der Waals surface area contributed by atoms with Crippen LogP contribution in [-0.2, 0) is 0 Å². The van der Waals surface area contributed by atoms with Crippen LogP contribution in [0.25, 0.3) is 0 Å². The molecule has 0 heterocycles. The SMILES string of the molecule is NCC(F)(F)CNC(=O)Nc1ccc(OC(F)(F)F)cc1. The Morgan fingerprint density at radius 3 is 2.19 bits per heavy atom. The van der Waals surface area contributed by atoms with E-state index >= 15 is 0 Å². The summed E-state index contributed by atoms with van der Waals surface area (Å²) in [6.07, 6.45) is -4.82. The molecule has 118 valence electrons. The largest absolute Gasteiger partial charge is 0.573 e. The maximum absolute atomic E-state index is 12.8. The van der Waals surface area contributed by atoms with Crippen LogP contribution in [0.1, 0.15) is 0 Å². The molecular formula is C11H12F5N3O2. The number of hydrogen-bond donors (Lipinski definition) is 3. The minimum atomic E-state index is -4.82. The first-order valence-corrected chi connectivity index (χ1v) is 5.60. The lowest BCUT2D eigenvalue weighted by atomic mass is 10.3. The van der Waals surface area contributed by atoms with Gasteiger partial charge in [-0.3, -0.25) is 0 Å². The number of amides is 2. The molecule has 1 aromatic carbocycles. The summed E-state index contributed by atoms with van der Waals surface area (Å²) in [6.45, 7) is -1.87. The highest BCUT2D eigenvalue weighted by Crippen LogP contribution is 2.23. The second-order valence-electron chi connectivity index (χ2n) is 3.94. The van der Waals surface area contributed by atoms with Gasteiger partial charge in [-0.15, -0.1) is 13.2 Å². The number of halogens is 5. The van der Waals surface area contributed by atoms with Crippen molar-refractivity contribution in [2.45, 2.75) is 12.3 Å². The summed E-state index contributed by atoms with van der Waals surface area (Å²) in [5.74, 6) is -3.70. The maximum atomic E-state index is 12.8. The molecule has 0 aliphatic heterocycles. The highest BCUT2D eigenvalue weighted by molar-refractivity contribution is 5.89. The number of carbonyl (C=O) groups is 1. The topological polar surface area (TPSA) is 76.4 Å². The average molecular weight is 313 g/mol. The molecule has 0 bridgehead atoms. The molecule has 1 rings (SSSR count). The lowest BCUT2D eigenvalue weighted by molar-refractivity contribution is -0.274. The zero-order valence-corrected chi connectivity index (χ0v) is 10.5. The smallest absolute Gasteiger partial charge is 0.406 e. The minimum absolute atomic E-state index is 0.109. The van der Waals surface area contributed by atoms with Crippen LogP contribution in [0, 0.1) is 0 Å². The van der Waals surface area contributed by atoms with Gasteiger partial charge in [-0.05, 0) is 24.3 Å². The lowest BCUT2D eigenvalue weighted by Gasteiger charge is -2.15. The van der Waals surface area contributed by atoms with Crippen LogP contribution >= 0.6 is 0 Å². The van der Waals surface area contributed by atoms with E-state index in [1.165, 1.54) is 0 Å². The fourth-order valence-electron chi connectivity index (χ4n) is 1.20. The van der Waals surface area contributed by atoms with Gasteiger partial charge < -0.3 is 21.1 Å². The first kappa shape index (κ1) is 17.0. The Morgan fingerprint density at radius 2 is 1.71 bits per heavy atom. The molecule has 0 fully saturated rings. The van der Waals surface area contributed by atoms with E-state index in [1.807, 2.05) is 5.32 Å². The van der Waals surface area contributed by atoms with Crippen molar-refractivity contribution in [2.75, 3.05) is 18.4 Å². The third kappa shape index (κ3) is 6.75. The number of rotatable bonds is 5.